The maximum Gasteiger partial charge on any atom is 0.290 e. The zero-order valence-electron chi connectivity index (χ0n) is 12.6. The Labute approximate surface area is 127 Å². The van der Waals surface area contributed by atoms with E-state index < -0.39 is 0 Å². The lowest BCUT2D eigenvalue weighted by Crippen LogP contribution is -2.46. The van der Waals surface area contributed by atoms with Crippen molar-refractivity contribution in [3.63, 3.8) is 0 Å². The summed E-state index contributed by atoms with van der Waals surface area (Å²) in [6.45, 7) is 8.74. The molecule has 0 aromatic carbocycles. The van der Waals surface area contributed by atoms with Crippen LogP contribution in [0, 0.1) is 13.8 Å². The van der Waals surface area contributed by atoms with Gasteiger partial charge in [-0.2, -0.15) is 0 Å². The molecule has 1 aromatic heterocycles. The van der Waals surface area contributed by atoms with Gasteiger partial charge in [-0.3, -0.25) is 4.79 Å². The van der Waals surface area contributed by atoms with Crippen LogP contribution in [0.5, 0.6) is 0 Å². The van der Waals surface area contributed by atoms with Gasteiger partial charge in [0.25, 0.3) is 5.91 Å². The molecule has 1 fully saturated rings. The quantitative estimate of drug-likeness (QED) is 0.930. The molecule has 114 valence electrons. The molecule has 0 spiro atoms. The van der Waals surface area contributed by atoms with Gasteiger partial charge in [-0.1, -0.05) is 6.92 Å². The topological polar surface area (TPSA) is 45.5 Å². The molecule has 2 rings (SSSR count). The molecule has 0 radical (unpaired) electrons. The molecule has 1 aliphatic heterocycles. The van der Waals surface area contributed by atoms with Crippen molar-refractivity contribution >= 4 is 18.3 Å². The maximum absolute atomic E-state index is 12.7. The number of furan rings is 1. The predicted octanol–water partition coefficient (Wildman–Crippen LogP) is 2.92. The Bertz CT molecular complexity index is 439. The summed E-state index contributed by atoms with van der Waals surface area (Å²) in [5, 5.41) is 3.34. The van der Waals surface area contributed by atoms with Crippen molar-refractivity contribution in [1.82, 2.24) is 10.2 Å². The van der Waals surface area contributed by atoms with Crippen LogP contribution in [0.4, 0.5) is 0 Å². The first kappa shape index (κ1) is 17.1. The van der Waals surface area contributed by atoms with E-state index in [4.69, 9.17) is 4.42 Å². The van der Waals surface area contributed by atoms with Crippen molar-refractivity contribution in [2.45, 2.75) is 46.1 Å². The second-order valence-electron chi connectivity index (χ2n) is 5.35. The van der Waals surface area contributed by atoms with Crippen LogP contribution in [0.2, 0.25) is 0 Å². The molecule has 5 heteroatoms. The van der Waals surface area contributed by atoms with Crippen LogP contribution >= 0.6 is 12.4 Å². The minimum Gasteiger partial charge on any atom is -0.456 e. The van der Waals surface area contributed by atoms with E-state index in [2.05, 4.69) is 12.2 Å². The van der Waals surface area contributed by atoms with E-state index in [1.807, 2.05) is 24.8 Å². The molecule has 1 saturated heterocycles. The average Bonchev–Trinajstić information content (AvgIpc) is 2.75. The first-order valence-corrected chi connectivity index (χ1v) is 7.22. The fraction of sp³-hybridized carbons (Fsp3) is 0.667. The largest absolute Gasteiger partial charge is 0.456 e. The third-order valence-electron chi connectivity index (χ3n) is 3.71. The second kappa shape index (κ2) is 7.70. The number of rotatable bonds is 4. The molecule has 1 aromatic rings. The summed E-state index contributed by atoms with van der Waals surface area (Å²) in [6.07, 6.45) is 3.05. The van der Waals surface area contributed by atoms with Gasteiger partial charge in [0.15, 0.2) is 5.76 Å². The van der Waals surface area contributed by atoms with Gasteiger partial charge in [-0.05, 0) is 52.3 Å². The molecule has 0 aliphatic carbocycles. The van der Waals surface area contributed by atoms with Crippen molar-refractivity contribution in [3.8, 4) is 0 Å². The molecule has 0 saturated carbocycles. The highest BCUT2D eigenvalue weighted by Gasteiger charge is 2.28. The van der Waals surface area contributed by atoms with Crippen LogP contribution in [0.3, 0.4) is 0 Å². The van der Waals surface area contributed by atoms with Crippen LogP contribution in [-0.2, 0) is 0 Å². The highest BCUT2D eigenvalue weighted by molar-refractivity contribution is 5.93. The molecule has 0 unspecified atom stereocenters. The molecular weight excluding hydrogens is 276 g/mol. The van der Waals surface area contributed by atoms with Gasteiger partial charge in [-0.25, -0.2) is 0 Å². The van der Waals surface area contributed by atoms with Crippen molar-refractivity contribution in [3.05, 3.63) is 23.2 Å². The monoisotopic (exact) mass is 300 g/mol. The molecule has 0 bridgehead atoms. The third-order valence-corrected chi connectivity index (χ3v) is 3.71. The van der Waals surface area contributed by atoms with Crippen molar-refractivity contribution in [2.24, 2.45) is 0 Å². The lowest BCUT2D eigenvalue weighted by molar-refractivity contribution is 0.0608. The number of carbonyl (C=O) groups excluding carboxylic acids is 1. The summed E-state index contributed by atoms with van der Waals surface area (Å²) in [5.41, 5.74) is 0.942. The van der Waals surface area contributed by atoms with Gasteiger partial charge < -0.3 is 14.6 Å². The summed E-state index contributed by atoms with van der Waals surface area (Å²) in [5.74, 6) is 1.38. The highest BCUT2D eigenvalue weighted by atomic mass is 35.5. The zero-order chi connectivity index (χ0) is 13.8. The molecular formula is C15H25ClN2O2. The number of aryl methyl sites for hydroxylation is 2. The Balaban J connectivity index is 0.00000200. The van der Waals surface area contributed by atoms with Gasteiger partial charge in [0.05, 0.1) is 0 Å². The Kier molecular flexibility index (Phi) is 6.56. The smallest absolute Gasteiger partial charge is 0.290 e. The number of piperidine rings is 1. The first-order valence-electron chi connectivity index (χ1n) is 7.22. The lowest BCUT2D eigenvalue weighted by atomic mass is 10.0. The Morgan fingerprint density at radius 2 is 2.05 bits per heavy atom. The Morgan fingerprint density at radius 1 is 1.40 bits per heavy atom. The SMILES string of the molecule is CCCN(C(=O)c1oc(C)cc1C)C1CCNCC1.Cl. The summed E-state index contributed by atoms with van der Waals surface area (Å²) in [4.78, 5) is 14.7. The maximum atomic E-state index is 12.7. The summed E-state index contributed by atoms with van der Waals surface area (Å²) >= 11 is 0. The summed E-state index contributed by atoms with van der Waals surface area (Å²) < 4.78 is 5.59. The number of carbonyl (C=O) groups is 1. The fourth-order valence-electron chi connectivity index (χ4n) is 2.79. The van der Waals surface area contributed by atoms with Crippen molar-refractivity contribution < 1.29 is 9.21 Å². The van der Waals surface area contributed by atoms with Crippen LogP contribution in [0.1, 0.15) is 48.1 Å². The number of nitrogens with one attached hydrogen (secondary N) is 1. The fourth-order valence-corrected chi connectivity index (χ4v) is 2.79. The zero-order valence-corrected chi connectivity index (χ0v) is 13.4. The van der Waals surface area contributed by atoms with Gasteiger partial charge in [-0.15, -0.1) is 12.4 Å². The summed E-state index contributed by atoms with van der Waals surface area (Å²) in [6, 6.07) is 2.28. The highest BCUT2D eigenvalue weighted by Crippen LogP contribution is 2.20. The first-order chi connectivity index (χ1) is 9.13. The minimum absolute atomic E-state index is 0. The van der Waals surface area contributed by atoms with Gasteiger partial charge in [0, 0.05) is 18.2 Å². The van der Waals surface area contributed by atoms with Gasteiger partial charge in [0.1, 0.15) is 5.76 Å². The van der Waals surface area contributed by atoms with E-state index in [1.54, 1.807) is 0 Å². The molecule has 2 heterocycles. The molecule has 20 heavy (non-hydrogen) atoms. The minimum atomic E-state index is 0. The van der Waals surface area contributed by atoms with Crippen LogP contribution in [0.15, 0.2) is 10.5 Å². The number of nitrogens with zero attached hydrogens (tertiary/aromatic N) is 1. The molecule has 4 nitrogen and oxygen atoms in total. The van der Waals surface area contributed by atoms with E-state index in [1.165, 1.54) is 0 Å². The van der Waals surface area contributed by atoms with Crippen LogP contribution < -0.4 is 5.32 Å². The van der Waals surface area contributed by atoms with Crippen molar-refractivity contribution in [2.75, 3.05) is 19.6 Å². The van der Waals surface area contributed by atoms with E-state index in [-0.39, 0.29) is 18.3 Å². The Hall–Kier alpha value is -1.00. The second-order valence-corrected chi connectivity index (χ2v) is 5.35. The predicted molar refractivity (Wildman–Crippen MR) is 82.6 cm³/mol. The van der Waals surface area contributed by atoms with Gasteiger partial charge >= 0.3 is 0 Å². The normalized spacial score (nSPS) is 15.8. The standard InChI is InChI=1S/C15H24N2O2.ClH/c1-4-9-17(13-5-7-16-8-6-13)15(18)14-11(2)10-12(3)19-14;/h10,13,16H,4-9H2,1-3H3;1H. The van der Waals surface area contributed by atoms with Gasteiger partial charge in [0.2, 0.25) is 0 Å². The van der Waals surface area contributed by atoms with Crippen LogP contribution in [0.25, 0.3) is 0 Å². The van der Waals surface area contributed by atoms with E-state index >= 15 is 0 Å². The molecule has 1 amide bonds. The lowest BCUT2D eigenvalue weighted by Gasteiger charge is -2.34. The number of halogens is 1. The van der Waals surface area contributed by atoms with E-state index in [9.17, 15) is 4.79 Å². The van der Waals surface area contributed by atoms with E-state index in [0.717, 1.165) is 50.2 Å². The van der Waals surface area contributed by atoms with Crippen LogP contribution in [-0.4, -0.2) is 36.5 Å². The van der Waals surface area contributed by atoms with E-state index in [0.29, 0.717) is 11.8 Å². The molecule has 1 aliphatic rings. The molecule has 1 N–H and O–H groups in total. The average molecular weight is 301 g/mol. The summed E-state index contributed by atoms with van der Waals surface area (Å²) in [7, 11) is 0. The number of hydrogen-bond donors (Lipinski definition) is 1. The number of hydrogen-bond acceptors (Lipinski definition) is 3. The number of amides is 1. The molecule has 0 atom stereocenters. The van der Waals surface area contributed by atoms with Crippen molar-refractivity contribution in [1.29, 1.82) is 0 Å². The third kappa shape index (κ3) is 3.76. The Morgan fingerprint density at radius 3 is 2.55 bits per heavy atom.